The smallest absolute Gasteiger partial charge is 0.102 e. The maximum Gasteiger partial charge on any atom is 0.102 e. The highest BCUT2D eigenvalue weighted by molar-refractivity contribution is 5.77. The molecule has 0 spiro atoms. The number of nitrogens with one attached hydrogen (secondary N) is 1. The van der Waals surface area contributed by atoms with Crippen molar-refractivity contribution in [3.63, 3.8) is 0 Å². The van der Waals surface area contributed by atoms with Crippen LogP contribution in [0.5, 0.6) is 0 Å². The molecule has 2 heteroatoms. The SMILES string of the molecule is C1=N[C@H]2c3ccccc3-c3ccccc3[C@@H]2N1. The van der Waals surface area contributed by atoms with Crippen molar-refractivity contribution in [3.8, 4) is 11.1 Å². The second-order valence-corrected chi connectivity index (χ2v) is 4.54. The fourth-order valence-corrected chi connectivity index (χ4v) is 2.91. The number of hydrogen-bond donors (Lipinski definition) is 1. The lowest BCUT2D eigenvalue weighted by Gasteiger charge is -2.29. The molecule has 1 heterocycles. The molecule has 17 heavy (non-hydrogen) atoms. The van der Waals surface area contributed by atoms with E-state index in [1.54, 1.807) is 0 Å². The van der Waals surface area contributed by atoms with E-state index in [0.717, 1.165) is 0 Å². The molecule has 82 valence electrons. The van der Waals surface area contributed by atoms with Crippen molar-refractivity contribution in [2.24, 2.45) is 4.99 Å². The molecule has 2 nitrogen and oxygen atoms in total. The Balaban J connectivity index is 2.06. The zero-order chi connectivity index (χ0) is 11.2. The Morgan fingerprint density at radius 1 is 0.824 bits per heavy atom. The number of fused-ring (bicyclic) bond motifs is 6. The Morgan fingerprint density at radius 2 is 1.47 bits per heavy atom. The summed E-state index contributed by atoms with van der Waals surface area (Å²) in [5, 5.41) is 3.36. The molecule has 0 aromatic heterocycles. The number of benzene rings is 2. The highest BCUT2D eigenvalue weighted by atomic mass is 15.1. The van der Waals surface area contributed by atoms with Crippen LogP contribution in [0.15, 0.2) is 53.5 Å². The quantitative estimate of drug-likeness (QED) is 0.725. The molecular formula is C15H12N2. The Bertz CT molecular complexity index is 616. The van der Waals surface area contributed by atoms with Crippen LogP contribution in [0.4, 0.5) is 0 Å². The van der Waals surface area contributed by atoms with Crippen molar-refractivity contribution in [3.05, 3.63) is 59.7 Å². The molecular weight excluding hydrogens is 208 g/mol. The minimum atomic E-state index is 0.237. The van der Waals surface area contributed by atoms with Crippen LogP contribution in [0.25, 0.3) is 11.1 Å². The van der Waals surface area contributed by atoms with Crippen LogP contribution in [0.3, 0.4) is 0 Å². The average Bonchev–Trinajstić information content (AvgIpc) is 2.89. The van der Waals surface area contributed by atoms with Gasteiger partial charge >= 0.3 is 0 Å². The summed E-state index contributed by atoms with van der Waals surface area (Å²) in [7, 11) is 0. The van der Waals surface area contributed by atoms with Gasteiger partial charge in [0.1, 0.15) is 6.04 Å². The lowest BCUT2D eigenvalue weighted by atomic mass is 9.80. The summed E-state index contributed by atoms with van der Waals surface area (Å²) in [6, 6.07) is 17.7. The highest BCUT2D eigenvalue weighted by Crippen LogP contribution is 2.47. The highest BCUT2D eigenvalue weighted by Gasteiger charge is 2.34. The third-order valence-corrected chi connectivity index (χ3v) is 3.67. The van der Waals surface area contributed by atoms with Gasteiger partial charge in [0.2, 0.25) is 0 Å². The molecule has 2 atom stereocenters. The normalized spacial score (nSPS) is 23.5. The van der Waals surface area contributed by atoms with Crippen LogP contribution < -0.4 is 5.32 Å². The third-order valence-electron chi connectivity index (χ3n) is 3.67. The van der Waals surface area contributed by atoms with Crippen molar-refractivity contribution in [2.75, 3.05) is 0 Å². The predicted molar refractivity (Wildman–Crippen MR) is 69.0 cm³/mol. The number of hydrogen-bond acceptors (Lipinski definition) is 2. The Morgan fingerprint density at radius 3 is 2.29 bits per heavy atom. The molecule has 0 fully saturated rings. The maximum absolute atomic E-state index is 4.56. The molecule has 0 radical (unpaired) electrons. The van der Waals surface area contributed by atoms with Crippen molar-refractivity contribution >= 4 is 6.34 Å². The molecule has 0 saturated heterocycles. The summed E-state index contributed by atoms with van der Waals surface area (Å²) in [5.41, 5.74) is 5.35. The number of rotatable bonds is 0. The number of aliphatic imine (C=N–C) groups is 1. The van der Waals surface area contributed by atoms with Gasteiger partial charge in [-0.1, -0.05) is 48.5 Å². The first-order chi connectivity index (χ1) is 8.45. The van der Waals surface area contributed by atoms with E-state index in [4.69, 9.17) is 0 Å². The lowest BCUT2D eigenvalue weighted by Crippen LogP contribution is -2.22. The first-order valence-electron chi connectivity index (χ1n) is 5.91. The molecule has 2 aromatic rings. The molecule has 0 amide bonds. The van der Waals surface area contributed by atoms with Crippen LogP contribution in [-0.2, 0) is 0 Å². The molecule has 0 bridgehead atoms. The fraction of sp³-hybridized carbons (Fsp3) is 0.133. The van der Waals surface area contributed by atoms with Crippen molar-refractivity contribution in [1.29, 1.82) is 0 Å². The zero-order valence-corrected chi connectivity index (χ0v) is 9.30. The zero-order valence-electron chi connectivity index (χ0n) is 9.30. The van der Waals surface area contributed by atoms with Crippen LogP contribution in [0, 0.1) is 0 Å². The van der Waals surface area contributed by atoms with E-state index in [0.29, 0.717) is 6.04 Å². The number of nitrogens with zero attached hydrogens (tertiary/aromatic N) is 1. The van der Waals surface area contributed by atoms with Gasteiger partial charge in [-0.3, -0.25) is 4.99 Å². The van der Waals surface area contributed by atoms with Crippen LogP contribution in [0.2, 0.25) is 0 Å². The van der Waals surface area contributed by atoms with Crippen LogP contribution in [0.1, 0.15) is 23.2 Å². The monoisotopic (exact) mass is 220 g/mol. The Labute approximate surface area is 100 Å². The first-order valence-corrected chi connectivity index (χ1v) is 5.91. The fourth-order valence-electron chi connectivity index (χ4n) is 2.91. The van der Waals surface area contributed by atoms with E-state index in [9.17, 15) is 0 Å². The topological polar surface area (TPSA) is 24.4 Å². The van der Waals surface area contributed by atoms with Gasteiger partial charge in [-0.25, -0.2) is 0 Å². The Kier molecular flexibility index (Phi) is 1.69. The van der Waals surface area contributed by atoms with Gasteiger partial charge in [-0.15, -0.1) is 0 Å². The summed E-state index contributed by atoms with van der Waals surface area (Å²) in [6.07, 6.45) is 1.84. The van der Waals surface area contributed by atoms with Gasteiger partial charge in [-0.05, 0) is 22.3 Å². The van der Waals surface area contributed by atoms with Crippen molar-refractivity contribution in [2.45, 2.75) is 12.1 Å². The van der Waals surface area contributed by atoms with Gasteiger partial charge in [-0.2, -0.15) is 0 Å². The van der Waals surface area contributed by atoms with Crippen molar-refractivity contribution < 1.29 is 0 Å². The maximum atomic E-state index is 4.56. The van der Waals surface area contributed by atoms with Crippen molar-refractivity contribution in [1.82, 2.24) is 5.32 Å². The average molecular weight is 220 g/mol. The van der Waals surface area contributed by atoms with Gasteiger partial charge in [0.05, 0.1) is 12.4 Å². The minimum Gasteiger partial charge on any atom is -0.367 e. The summed E-state index contributed by atoms with van der Waals surface area (Å²) in [4.78, 5) is 4.56. The van der Waals surface area contributed by atoms with Gasteiger partial charge in [0.15, 0.2) is 0 Å². The molecule has 0 unspecified atom stereocenters. The van der Waals surface area contributed by atoms with Gasteiger partial charge in [0.25, 0.3) is 0 Å². The lowest BCUT2D eigenvalue weighted by molar-refractivity contribution is 0.567. The van der Waals surface area contributed by atoms with E-state index in [-0.39, 0.29) is 6.04 Å². The first kappa shape index (κ1) is 8.99. The third kappa shape index (κ3) is 1.12. The standard InChI is InChI=1S/C15H12N2/c1-3-7-12-10(5-1)11-6-2-4-8-13(11)15-14(12)16-9-17-15/h1-9,14-15H,(H,16,17)/t14-,15-/m0/s1. The molecule has 1 aliphatic heterocycles. The molecule has 0 saturated carbocycles. The van der Waals surface area contributed by atoms with Crippen LogP contribution in [-0.4, -0.2) is 6.34 Å². The van der Waals surface area contributed by atoms with E-state index in [1.165, 1.54) is 22.3 Å². The predicted octanol–water partition coefficient (Wildman–Crippen LogP) is 3.08. The molecule has 1 aliphatic carbocycles. The minimum absolute atomic E-state index is 0.237. The Hall–Kier alpha value is -2.09. The summed E-state index contributed by atoms with van der Waals surface area (Å²) >= 11 is 0. The largest absolute Gasteiger partial charge is 0.367 e. The van der Waals surface area contributed by atoms with Crippen LogP contribution >= 0.6 is 0 Å². The molecule has 2 aliphatic rings. The molecule has 1 N–H and O–H groups in total. The van der Waals surface area contributed by atoms with Gasteiger partial charge in [0, 0.05) is 0 Å². The molecule has 4 rings (SSSR count). The van der Waals surface area contributed by atoms with E-state index in [2.05, 4.69) is 58.8 Å². The second kappa shape index (κ2) is 3.20. The van der Waals surface area contributed by atoms with E-state index in [1.807, 2.05) is 6.34 Å². The molecule has 2 aromatic carbocycles. The summed E-state index contributed by atoms with van der Waals surface area (Å²) in [5.74, 6) is 0. The van der Waals surface area contributed by atoms with E-state index < -0.39 is 0 Å². The summed E-state index contributed by atoms with van der Waals surface area (Å²) < 4.78 is 0. The van der Waals surface area contributed by atoms with Gasteiger partial charge < -0.3 is 5.32 Å². The summed E-state index contributed by atoms with van der Waals surface area (Å²) in [6.45, 7) is 0. The van der Waals surface area contributed by atoms with E-state index >= 15 is 0 Å². The second-order valence-electron chi connectivity index (χ2n) is 4.54.